The van der Waals surface area contributed by atoms with Gasteiger partial charge < -0.3 is 29.8 Å². The fourth-order valence-corrected chi connectivity index (χ4v) is 6.42. The largest absolute Gasteiger partial charge is 0.496 e. The minimum atomic E-state index is -0.932. The number of aliphatic carboxylic acids is 1. The zero-order chi connectivity index (χ0) is 36.5. The lowest BCUT2D eigenvalue weighted by molar-refractivity contribution is -0.137. The summed E-state index contributed by atoms with van der Waals surface area (Å²) in [5.41, 5.74) is 2.88. The zero-order valence-corrected chi connectivity index (χ0v) is 30.0. The number of H-pyrrole nitrogens is 1. The number of amides is 2. The number of aromatic nitrogens is 1. The number of nitrogens with one attached hydrogen (secondary N) is 2. The van der Waals surface area contributed by atoms with Crippen molar-refractivity contribution in [2.75, 3.05) is 27.2 Å². The molecule has 0 aliphatic heterocycles. The monoisotopic (exact) mass is 692 g/mol. The Morgan fingerprint density at radius 2 is 1.59 bits per heavy atom. The SMILES string of the molecule is COc1ccccc1CN(C)C(=O)[C@H](Cc1ccc2ccccc2c1)N(CCN[C@H](CC(=O)O)Cc1c[nH]c2ccccc12)C(=O)OC(C)(C)C. The maximum absolute atomic E-state index is 14.5. The predicted octanol–water partition coefficient (Wildman–Crippen LogP) is 6.81. The molecule has 5 rings (SSSR count). The van der Waals surface area contributed by atoms with Crippen LogP contribution in [0.2, 0.25) is 0 Å². The van der Waals surface area contributed by atoms with Crippen molar-refractivity contribution >= 4 is 39.6 Å². The van der Waals surface area contributed by atoms with Crippen LogP contribution in [0, 0.1) is 0 Å². The minimum absolute atomic E-state index is 0.103. The summed E-state index contributed by atoms with van der Waals surface area (Å²) in [6, 6.07) is 28.1. The van der Waals surface area contributed by atoms with Gasteiger partial charge in [-0.1, -0.05) is 78.9 Å². The summed E-state index contributed by atoms with van der Waals surface area (Å²) < 4.78 is 11.5. The molecule has 0 aliphatic rings. The molecule has 0 aliphatic carbocycles. The lowest BCUT2D eigenvalue weighted by Crippen LogP contribution is -2.54. The van der Waals surface area contributed by atoms with Crippen molar-refractivity contribution in [1.29, 1.82) is 0 Å². The van der Waals surface area contributed by atoms with E-state index in [1.54, 1.807) is 39.8 Å². The van der Waals surface area contributed by atoms with E-state index in [0.717, 1.165) is 38.4 Å². The highest BCUT2D eigenvalue weighted by atomic mass is 16.6. The molecule has 0 spiro atoms. The van der Waals surface area contributed by atoms with Crippen molar-refractivity contribution in [2.24, 2.45) is 0 Å². The highest BCUT2D eigenvalue weighted by Gasteiger charge is 2.35. The number of carbonyl (C=O) groups excluding carboxylic acids is 2. The average molecular weight is 693 g/mol. The molecule has 0 radical (unpaired) electrons. The van der Waals surface area contributed by atoms with E-state index in [4.69, 9.17) is 9.47 Å². The Morgan fingerprint density at radius 1 is 0.882 bits per heavy atom. The molecule has 51 heavy (non-hydrogen) atoms. The average Bonchev–Trinajstić information content (AvgIpc) is 3.50. The Morgan fingerprint density at radius 3 is 2.33 bits per heavy atom. The van der Waals surface area contributed by atoms with Gasteiger partial charge in [-0.2, -0.15) is 0 Å². The normalized spacial score (nSPS) is 12.7. The van der Waals surface area contributed by atoms with Gasteiger partial charge in [-0.25, -0.2) is 4.79 Å². The van der Waals surface area contributed by atoms with Crippen molar-refractivity contribution < 1.29 is 29.0 Å². The number of para-hydroxylation sites is 2. The molecule has 0 saturated carbocycles. The van der Waals surface area contributed by atoms with E-state index >= 15 is 0 Å². The molecule has 0 saturated heterocycles. The van der Waals surface area contributed by atoms with Crippen LogP contribution in [0.25, 0.3) is 21.7 Å². The summed E-state index contributed by atoms with van der Waals surface area (Å²) in [6.07, 6.45) is 1.87. The second-order valence-corrected chi connectivity index (χ2v) is 13.9. The van der Waals surface area contributed by atoms with Crippen LogP contribution >= 0.6 is 0 Å². The van der Waals surface area contributed by atoms with Gasteiger partial charge in [0, 0.05) is 61.8 Å². The fraction of sp³-hybridized carbons (Fsp3) is 0.341. The Hall–Kier alpha value is -5.35. The summed E-state index contributed by atoms with van der Waals surface area (Å²) in [7, 11) is 3.31. The van der Waals surface area contributed by atoms with Gasteiger partial charge in [-0.3, -0.25) is 14.5 Å². The summed E-state index contributed by atoms with van der Waals surface area (Å²) in [5, 5.41) is 16.3. The smallest absolute Gasteiger partial charge is 0.411 e. The second kappa shape index (κ2) is 16.6. The lowest BCUT2D eigenvalue weighted by atomic mass is 9.99. The molecule has 10 nitrogen and oxygen atoms in total. The van der Waals surface area contributed by atoms with Gasteiger partial charge in [0.2, 0.25) is 5.91 Å². The number of rotatable bonds is 15. The number of hydrogen-bond donors (Lipinski definition) is 3. The number of hydrogen-bond acceptors (Lipinski definition) is 6. The van der Waals surface area contributed by atoms with Crippen molar-refractivity contribution in [2.45, 2.75) is 64.3 Å². The van der Waals surface area contributed by atoms with Crippen molar-refractivity contribution in [3.8, 4) is 5.75 Å². The maximum atomic E-state index is 14.5. The topological polar surface area (TPSA) is 124 Å². The molecule has 4 aromatic carbocycles. The zero-order valence-electron chi connectivity index (χ0n) is 30.0. The van der Waals surface area contributed by atoms with Gasteiger partial charge in [0.15, 0.2) is 0 Å². The molecule has 2 atom stereocenters. The van der Waals surface area contributed by atoms with E-state index in [9.17, 15) is 19.5 Å². The van der Waals surface area contributed by atoms with Crippen LogP contribution in [-0.4, -0.2) is 82.8 Å². The molecule has 0 bridgehead atoms. The number of nitrogens with zero attached hydrogens (tertiary/aromatic N) is 2. The third-order valence-electron chi connectivity index (χ3n) is 8.86. The van der Waals surface area contributed by atoms with E-state index in [2.05, 4.69) is 10.3 Å². The molecule has 268 valence electrons. The van der Waals surface area contributed by atoms with E-state index in [-0.39, 0.29) is 38.4 Å². The molecule has 5 aromatic rings. The number of benzene rings is 4. The Balaban J connectivity index is 1.44. The van der Waals surface area contributed by atoms with Crippen LogP contribution < -0.4 is 10.1 Å². The molecular formula is C41H48N4O6. The summed E-state index contributed by atoms with van der Waals surface area (Å²) in [6.45, 7) is 5.98. The van der Waals surface area contributed by atoms with Gasteiger partial charge in [0.25, 0.3) is 0 Å². The predicted molar refractivity (Wildman–Crippen MR) is 200 cm³/mol. The molecule has 3 N–H and O–H groups in total. The van der Waals surface area contributed by atoms with E-state index in [1.165, 1.54) is 4.90 Å². The number of carboxylic acid groups (broad SMARTS) is 1. The number of carboxylic acids is 1. The molecule has 1 aromatic heterocycles. The van der Waals surface area contributed by atoms with Gasteiger partial charge >= 0.3 is 12.1 Å². The lowest BCUT2D eigenvalue weighted by Gasteiger charge is -2.35. The first-order valence-electron chi connectivity index (χ1n) is 17.3. The molecule has 2 amide bonds. The van der Waals surface area contributed by atoms with Crippen LogP contribution in [0.15, 0.2) is 97.2 Å². The molecule has 10 heteroatoms. The van der Waals surface area contributed by atoms with Crippen LogP contribution in [0.1, 0.15) is 43.9 Å². The molecule has 1 heterocycles. The highest BCUT2D eigenvalue weighted by Crippen LogP contribution is 2.24. The second-order valence-electron chi connectivity index (χ2n) is 13.9. The molecular weight excluding hydrogens is 644 g/mol. The van der Waals surface area contributed by atoms with Crippen molar-refractivity contribution in [1.82, 2.24) is 20.1 Å². The van der Waals surface area contributed by atoms with Gasteiger partial charge in [-0.15, -0.1) is 0 Å². The van der Waals surface area contributed by atoms with E-state index in [1.807, 2.05) is 97.2 Å². The van der Waals surface area contributed by atoms with Crippen LogP contribution in [0.4, 0.5) is 4.79 Å². The van der Waals surface area contributed by atoms with Crippen molar-refractivity contribution in [3.63, 3.8) is 0 Å². The van der Waals surface area contributed by atoms with Crippen LogP contribution in [-0.2, 0) is 33.7 Å². The van der Waals surface area contributed by atoms with E-state index < -0.39 is 29.7 Å². The van der Waals surface area contributed by atoms with Crippen LogP contribution in [0.5, 0.6) is 5.75 Å². The first-order chi connectivity index (χ1) is 24.4. The van der Waals surface area contributed by atoms with Crippen LogP contribution in [0.3, 0.4) is 0 Å². The number of methoxy groups -OCH3 is 1. The highest BCUT2D eigenvalue weighted by molar-refractivity contribution is 5.87. The number of ether oxygens (including phenoxy) is 2. The maximum Gasteiger partial charge on any atom is 0.411 e. The van der Waals surface area contributed by atoms with Crippen molar-refractivity contribution in [3.05, 3.63) is 114 Å². The third kappa shape index (κ3) is 9.88. The molecule has 0 unspecified atom stereocenters. The summed E-state index contributed by atoms with van der Waals surface area (Å²) in [5.74, 6) is -0.532. The summed E-state index contributed by atoms with van der Waals surface area (Å²) in [4.78, 5) is 46.9. The fourth-order valence-electron chi connectivity index (χ4n) is 6.42. The number of fused-ring (bicyclic) bond motifs is 2. The third-order valence-corrected chi connectivity index (χ3v) is 8.86. The Labute approximate surface area is 299 Å². The summed E-state index contributed by atoms with van der Waals surface area (Å²) >= 11 is 0. The van der Waals surface area contributed by atoms with Gasteiger partial charge in [0.05, 0.1) is 13.5 Å². The Kier molecular flexibility index (Phi) is 12.0. The first kappa shape index (κ1) is 36.9. The molecule has 0 fully saturated rings. The number of aromatic amines is 1. The standard InChI is InChI=1S/C41H48N4O6/c1-41(2,3)51-40(49)45(21-20-42-33(25-38(46)47)24-32-26-43-35-16-10-9-15-34(32)35)36(23-28-18-19-29-12-6-7-13-30(29)22-28)39(48)44(4)27-31-14-8-11-17-37(31)50-5/h6-19,22,26,33,36,42-43H,20-21,23-25,27H2,1-5H3,(H,46,47)/t33-,36-/m0/s1. The Bertz CT molecular complexity index is 1960. The van der Waals surface area contributed by atoms with E-state index in [0.29, 0.717) is 12.2 Å². The number of carbonyl (C=O) groups is 3. The minimum Gasteiger partial charge on any atom is -0.496 e. The quantitative estimate of drug-likeness (QED) is 0.110. The van der Waals surface area contributed by atoms with Gasteiger partial charge in [0.1, 0.15) is 17.4 Å². The number of likely N-dealkylation sites (N-methyl/N-ethyl adjacent to an activating group) is 1. The van der Waals surface area contributed by atoms with Gasteiger partial charge in [-0.05, 0) is 61.2 Å². The first-order valence-corrected chi connectivity index (χ1v) is 17.3.